The molecule has 130 valence electrons. The molecule has 0 bridgehead atoms. The first kappa shape index (κ1) is 19.2. The van der Waals surface area contributed by atoms with Crippen LogP contribution in [0.3, 0.4) is 0 Å². The van der Waals surface area contributed by atoms with Crippen molar-refractivity contribution in [2.75, 3.05) is 13.6 Å². The quantitative estimate of drug-likeness (QED) is 0.519. The van der Waals surface area contributed by atoms with E-state index in [9.17, 15) is 18.0 Å². The molecule has 0 unspecified atom stereocenters. The number of hydrogen-bond acceptors (Lipinski definition) is 5. The molecule has 1 amide bonds. The SMILES string of the molecule is CNS(=O)(=O)c1ccc(C(=O)NCCCCCCCC(=O)O)o1. The molecule has 0 spiro atoms. The number of carbonyl (C=O) groups is 2. The monoisotopic (exact) mass is 346 g/mol. The molecule has 1 heterocycles. The number of carboxylic acid groups (broad SMARTS) is 1. The molecule has 23 heavy (non-hydrogen) atoms. The van der Waals surface area contributed by atoms with Crippen LogP contribution in [0.25, 0.3) is 0 Å². The summed E-state index contributed by atoms with van der Waals surface area (Å²) < 4.78 is 30.1. The van der Waals surface area contributed by atoms with Crippen molar-refractivity contribution in [1.29, 1.82) is 0 Å². The predicted octanol–water partition coefficient (Wildman–Crippen LogP) is 1.34. The minimum atomic E-state index is -3.69. The standard InChI is InChI=1S/C14H22N2O6S/c1-15-23(20,21)13-9-8-11(22-13)14(19)16-10-6-4-2-3-5-7-12(17)18/h8-9,15H,2-7,10H2,1H3,(H,16,19)(H,17,18). The normalized spacial score (nSPS) is 11.3. The van der Waals surface area contributed by atoms with Crippen LogP contribution in [0, 0.1) is 0 Å². The summed E-state index contributed by atoms with van der Waals surface area (Å²) in [7, 11) is -2.44. The number of furan rings is 1. The zero-order valence-electron chi connectivity index (χ0n) is 13.0. The maximum atomic E-state index is 11.8. The average Bonchev–Trinajstić information content (AvgIpc) is 3.00. The maximum Gasteiger partial charge on any atom is 0.303 e. The van der Waals surface area contributed by atoms with Crippen LogP contribution in [0.1, 0.15) is 49.1 Å². The smallest absolute Gasteiger partial charge is 0.303 e. The lowest BCUT2D eigenvalue weighted by molar-refractivity contribution is -0.137. The second-order valence-electron chi connectivity index (χ2n) is 4.99. The Morgan fingerprint density at radius 2 is 1.78 bits per heavy atom. The van der Waals surface area contributed by atoms with E-state index in [2.05, 4.69) is 10.0 Å². The highest BCUT2D eigenvalue weighted by Gasteiger charge is 2.19. The van der Waals surface area contributed by atoms with Crippen LogP contribution < -0.4 is 10.0 Å². The van der Waals surface area contributed by atoms with E-state index in [-0.39, 0.29) is 17.3 Å². The molecule has 1 aromatic heterocycles. The Hall–Kier alpha value is -1.87. The first-order valence-electron chi connectivity index (χ1n) is 7.40. The van der Waals surface area contributed by atoms with Gasteiger partial charge in [0.1, 0.15) is 0 Å². The Morgan fingerprint density at radius 1 is 1.13 bits per heavy atom. The molecule has 8 nitrogen and oxygen atoms in total. The summed E-state index contributed by atoms with van der Waals surface area (Å²) >= 11 is 0. The lowest BCUT2D eigenvalue weighted by atomic mass is 10.1. The lowest BCUT2D eigenvalue weighted by Crippen LogP contribution is -2.24. The molecule has 0 aliphatic carbocycles. The van der Waals surface area contributed by atoms with Gasteiger partial charge < -0.3 is 14.8 Å². The molecule has 9 heteroatoms. The zero-order valence-corrected chi connectivity index (χ0v) is 13.8. The summed E-state index contributed by atoms with van der Waals surface area (Å²) in [4.78, 5) is 22.1. The molecule has 0 aliphatic heterocycles. The third-order valence-electron chi connectivity index (χ3n) is 3.19. The highest BCUT2D eigenvalue weighted by molar-refractivity contribution is 7.89. The minimum absolute atomic E-state index is 0.0553. The third kappa shape index (κ3) is 6.83. The number of carboxylic acids is 1. The summed E-state index contributed by atoms with van der Waals surface area (Å²) in [6, 6.07) is 2.54. The number of sulfonamides is 1. The van der Waals surface area contributed by atoms with Gasteiger partial charge in [-0.3, -0.25) is 9.59 Å². The van der Waals surface area contributed by atoms with E-state index in [1.54, 1.807) is 0 Å². The fourth-order valence-corrected chi connectivity index (χ4v) is 2.56. The Balaban J connectivity index is 2.23. The third-order valence-corrected chi connectivity index (χ3v) is 4.48. The summed E-state index contributed by atoms with van der Waals surface area (Å²) in [5.74, 6) is -1.30. The largest absolute Gasteiger partial charge is 0.481 e. The second kappa shape index (κ2) is 9.31. The molecule has 0 saturated heterocycles. The highest BCUT2D eigenvalue weighted by atomic mass is 32.2. The lowest BCUT2D eigenvalue weighted by Gasteiger charge is -2.03. The highest BCUT2D eigenvalue weighted by Crippen LogP contribution is 2.13. The van der Waals surface area contributed by atoms with Gasteiger partial charge in [0.05, 0.1) is 0 Å². The van der Waals surface area contributed by atoms with E-state index in [0.29, 0.717) is 13.0 Å². The van der Waals surface area contributed by atoms with Gasteiger partial charge in [0.25, 0.3) is 15.9 Å². The van der Waals surface area contributed by atoms with E-state index >= 15 is 0 Å². The van der Waals surface area contributed by atoms with Gasteiger partial charge in [0.15, 0.2) is 5.76 Å². The van der Waals surface area contributed by atoms with Crippen LogP contribution in [0.5, 0.6) is 0 Å². The summed E-state index contributed by atoms with van der Waals surface area (Å²) in [5.41, 5.74) is 0. The molecule has 1 rings (SSSR count). The first-order chi connectivity index (χ1) is 10.9. The Bertz CT molecular complexity index is 623. The van der Waals surface area contributed by atoms with Crippen LogP contribution in [-0.2, 0) is 14.8 Å². The van der Waals surface area contributed by atoms with Gasteiger partial charge in [-0.2, -0.15) is 0 Å². The Morgan fingerprint density at radius 3 is 2.43 bits per heavy atom. The van der Waals surface area contributed by atoms with Crippen molar-refractivity contribution in [3.63, 3.8) is 0 Å². The summed E-state index contributed by atoms with van der Waals surface area (Å²) in [6.45, 7) is 0.451. The average molecular weight is 346 g/mol. The molecule has 0 aliphatic rings. The number of amides is 1. The predicted molar refractivity (Wildman–Crippen MR) is 82.6 cm³/mol. The van der Waals surface area contributed by atoms with Crippen molar-refractivity contribution in [2.45, 2.75) is 43.6 Å². The molecule has 0 aromatic carbocycles. The molecular weight excluding hydrogens is 324 g/mol. The molecule has 1 aromatic rings. The van der Waals surface area contributed by atoms with E-state index in [4.69, 9.17) is 9.52 Å². The Kier molecular flexibility index (Phi) is 7.76. The van der Waals surface area contributed by atoms with E-state index in [1.807, 2.05) is 0 Å². The number of hydrogen-bond donors (Lipinski definition) is 3. The van der Waals surface area contributed by atoms with E-state index < -0.39 is 21.9 Å². The Labute approximate surface area is 135 Å². The van der Waals surface area contributed by atoms with Crippen molar-refractivity contribution < 1.29 is 27.5 Å². The fourth-order valence-electron chi connectivity index (χ4n) is 1.91. The summed E-state index contributed by atoms with van der Waals surface area (Å²) in [6.07, 6.45) is 4.26. The van der Waals surface area contributed by atoms with Gasteiger partial charge in [-0.25, -0.2) is 13.1 Å². The molecule has 0 atom stereocenters. The fraction of sp³-hybridized carbons (Fsp3) is 0.571. The molecule has 0 fully saturated rings. The molecular formula is C14H22N2O6S. The van der Waals surface area contributed by atoms with Gasteiger partial charge in [0.2, 0.25) is 5.09 Å². The first-order valence-corrected chi connectivity index (χ1v) is 8.88. The van der Waals surface area contributed by atoms with Crippen LogP contribution in [0.4, 0.5) is 0 Å². The molecule has 3 N–H and O–H groups in total. The minimum Gasteiger partial charge on any atom is -0.481 e. The number of aliphatic carboxylic acids is 1. The van der Waals surface area contributed by atoms with Crippen LogP contribution in [-0.4, -0.2) is 39.0 Å². The van der Waals surface area contributed by atoms with Crippen molar-refractivity contribution in [3.8, 4) is 0 Å². The number of rotatable bonds is 11. The molecule has 0 saturated carbocycles. The van der Waals surface area contributed by atoms with Crippen molar-refractivity contribution in [2.24, 2.45) is 0 Å². The van der Waals surface area contributed by atoms with Gasteiger partial charge in [-0.05, 0) is 32.0 Å². The van der Waals surface area contributed by atoms with Crippen molar-refractivity contribution >= 4 is 21.9 Å². The van der Waals surface area contributed by atoms with Crippen molar-refractivity contribution in [1.82, 2.24) is 10.0 Å². The van der Waals surface area contributed by atoms with Crippen LogP contribution in [0.2, 0.25) is 0 Å². The van der Waals surface area contributed by atoms with Gasteiger partial charge in [-0.15, -0.1) is 0 Å². The topological polar surface area (TPSA) is 126 Å². The summed E-state index contributed by atoms with van der Waals surface area (Å²) in [5, 5.41) is 10.8. The van der Waals surface area contributed by atoms with Crippen LogP contribution in [0.15, 0.2) is 21.6 Å². The second-order valence-corrected chi connectivity index (χ2v) is 6.81. The van der Waals surface area contributed by atoms with Crippen LogP contribution >= 0.6 is 0 Å². The van der Waals surface area contributed by atoms with Gasteiger partial charge in [-0.1, -0.05) is 19.3 Å². The maximum absolute atomic E-state index is 11.8. The molecule has 0 radical (unpaired) electrons. The van der Waals surface area contributed by atoms with E-state index in [0.717, 1.165) is 25.7 Å². The zero-order chi connectivity index (χ0) is 17.3. The van der Waals surface area contributed by atoms with Crippen molar-refractivity contribution in [3.05, 3.63) is 17.9 Å². The number of nitrogens with one attached hydrogen (secondary N) is 2. The van der Waals surface area contributed by atoms with E-state index in [1.165, 1.54) is 19.2 Å². The number of unbranched alkanes of at least 4 members (excludes halogenated alkanes) is 4. The number of carbonyl (C=O) groups excluding carboxylic acids is 1. The van der Waals surface area contributed by atoms with Gasteiger partial charge >= 0.3 is 5.97 Å². The van der Waals surface area contributed by atoms with Gasteiger partial charge in [0, 0.05) is 13.0 Å².